The standard InChI is InChI=1S/C7H13NO2/c1-3-4-5-6-8-10-7(2)9/h6H,3-5H2,1-2H3/b8-6+. The molecule has 0 spiro atoms. The second-order valence-corrected chi connectivity index (χ2v) is 2.01. The molecule has 0 rings (SSSR count). The molecule has 0 aliphatic rings. The first-order valence-corrected chi connectivity index (χ1v) is 3.46. The summed E-state index contributed by atoms with van der Waals surface area (Å²) >= 11 is 0. The minimum absolute atomic E-state index is 0.368. The normalized spacial score (nSPS) is 10.2. The predicted octanol–water partition coefficient (Wildman–Crippen LogP) is 1.73. The third-order valence-electron chi connectivity index (χ3n) is 0.943. The number of nitrogens with zero attached hydrogens (tertiary/aromatic N) is 1. The van der Waals surface area contributed by atoms with Gasteiger partial charge in [0.1, 0.15) is 0 Å². The van der Waals surface area contributed by atoms with Crippen molar-refractivity contribution in [3.63, 3.8) is 0 Å². The Bertz CT molecular complexity index is 121. The van der Waals surface area contributed by atoms with Crippen molar-refractivity contribution < 1.29 is 9.63 Å². The topological polar surface area (TPSA) is 38.7 Å². The van der Waals surface area contributed by atoms with Gasteiger partial charge in [-0.15, -0.1) is 0 Å². The van der Waals surface area contributed by atoms with Gasteiger partial charge in [-0.1, -0.05) is 18.5 Å². The van der Waals surface area contributed by atoms with E-state index in [1.54, 1.807) is 6.21 Å². The van der Waals surface area contributed by atoms with Gasteiger partial charge in [-0.25, -0.2) is 4.79 Å². The van der Waals surface area contributed by atoms with Gasteiger partial charge in [-0.3, -0.25) is 0 Å². The van der Waals surface area contributed by atoms with Crippen LogP contribution >= 0.6 is 0 Å². The summed E-state index contributed by atoms with van der Waals surface area (Å²) in [5.41, 5.74) is 0. The lowest BCUT2D eigenvalue weighted by Gasteiger charge is -1.88. The SMILES string of the molecule is CCCC/C=N/OC(C)=O. The van der Waals surface area contributed by atoms with Crippen molar-refractivity contribution in [2.45, 2.75) is 33.1 Å². The van der Waals surface area contributed by atoms with Gasteiger partial charge in [0.05, 0.1) is 0 Å². The van der Waals surface area contributed by atoms with Crippen molar-refractivity contribution in [1.82, 2.24) is 0 Å². The van der Waals surface area contributed by atoms with E-state index in [-0.39, 0.29) is 5.97 Å². The van der Waals surface area contributed by atoms with Crippen LogP contribution in [0.15, 0.2) is 5.16 Å². The second kappa shape index (κ2) is 6.26. The molecule has 58 valence electrons. The van der Waals surface area contributed by atoms with Gasteiger partial charge < -0.3 is 4.84 Å². The number of unbranched alkanes of at least 4 members (excludes halogenated alkanes) is 2. The largest absolute Gasteiger partial charge is 0.331 e. The molecule has 0 bridgehead atoms. The maximum absolute atomic E-state index is 10.1. The van der Waals surface area contributed by atoms with Crippen LogP contribution in [0.5, 0.6) is 0 Å². The Morgan fingerprint density at radius 3 is 2.90 bits per heavy atom. The van der Waals surface area contributed by atoms with Crippen LogP contribution in [0.2, 0.25) is 0 Å². The van der Waals surface area contributed by atoms with Crippen LogP contribution in [0.25, 0.3) is 0 Å². The van der Waals surface area contributed by atoms with Crippen LogP contribution in [0.3, 0.4) is 0 Å². The van der Waals surface area contributed by atoms with Crippen LogP contribution in [-0.2, 0) is 9.63 Å². The number of rotatable bonds is 4. The zero-order valence-electron chi connectivity index (χ0n) is 6.46. The van der Waals surface area contributed by atoms with E-state index >= 15 is 0 Å². The van der Waals surface area contributed by atoms with Crippen LogP contribution in [0.1, 0.15) is 33.1 Å². The average Bonchev–Trinajstić information content (AvgIpc) is 1.87. The molecule has 0 aromatic heterocycles. The number of carbonyl (C=O) groups excluding carboxylic acids is 1. The minimum atomic E-state index is -0.368. The van der Waals surface area contributed by atoms with E-state index in [0.717, 1.165) is 19.3 Å². The lowest BCUT2D eigenvalue weighted by molar-refractivity contribution is -0.140. The zero-order valence-corrected chi connectivity index (χ0v) is 6.46. The van der Waals surface area contributed by atoms with Gasteiger partial charge in [-0.05, 0) is 12.8 Å². The molecule has 3 heteroatoms. The Balaban J connectivity index is 3.12. The first kappa shape index (κ1) is 9.14. The zero-order chi connectivity index (χ0) is 7.82. The summed E-state index contributed by atoms with van der Waals surface area (Å²) in [6.45, 7) is 3.43. The molecule has 0 aromatic carbocycles. The van der Waals surface area contributed by atoms with Crippen molar-refractivity contribution in [1.29, 1.82) is 0 Å². The Kier molecular flexibility index (Phi) is 5.72. The molecule has 0 amide bonds. The van der Waals surface area contributed by atoms with E-state index < -0.39 is 0 Å². The van der Waals surface area contributed by atoms with Crippen LogP contribution < -0.4 is 0 Å². The lowest BCUT2D eigenvalue weighted by atomic mass is 10.3. The molecule has 3 nitrogen and oxygen atoms in total. The molecule has 0 saturated heterocycles. The highest BCUT2D eigenvalue weighted by Crippen LogP contribution is 1.89. The predicted molar refractivity (Wildman–Crippen MR) is 39.8 cm³/mol. The average molecular weight is 143 g/mol. The van der Waals surface area contributed by atoms with Crippen molar-refractivity contribution >= 4 is 12.2 Å². The van der Waals surface area contributed by atoms with E-state index in [9.17, 15) is 4.79 Å². The Labute approximate surface area is 61.1 Å². The third kappa shape index (κ3) is 7.14. The molecule has 0 aliphatic carbocycles. The molecule has 0 N–H and O–H groups in total. The van der Waals surface area contributed by atoms with Gasteiger partial charge in [0.2, 0.25) is 0 Å². The quantitative estimate of drug-likeness (QED) is 0.260. The fraction of sp³-hybridized carbons (Fsp3) is 0.714. The maximum atomic E-state index is 10.1. The van der Waals surface area contributed by atoms with E-state index in [4.69, 9.17) is 0 Å². The summed E-state index contributed by atoms with van der Waals surface area (Å²) in [6.07, 6.45) is 4.71. The van der Waals surface area contributed by atoms with Crippen molar-refractivity contribution in [3.05, 3.63) is 0 Å². The fourth-order valence-corrected chi connectivity index (χ4v) is 0.460. The summed E-state index contributed by atoms with van der Waals surface area (Å²) in [4.78, 5) is 14.5. The summed E-state index contributed by atoms with van der Waals surface area (Å²) in [6, 6.07) is 0. The monoisotopic (exact) mass is 143 g/mol. The third-order valence-corrected chi connectivity index (χ3v) is 0.943. The van der Waals surface area contributed by atoms with Gasteiger partial charge in [0.15, 0.2) is 0 Å². The Morgan fingerprint density at radius 1 is 1.70 bits per heavy atom. The van der Waals surface area contributed by atoms with E-state index in [0.29, 0.717) is 0 Å². The number of oxime groups is 1. The van der Waals surface area contributed by atoms with Gasteiger partial charge in [-0.2, -0.15) is 0 Å². The van der Waals surface area contributed by atoms with E-state index in [1.165, 1.54) is 6.92 Å². The van der Waals surface area contributed by atoms with E-state index in [1.807, 2.05) is 0 Å². The van der Waals surface area contributed by atoms with E-state index in [2.05, 4.69) is 16.9 Å². The van der Waals surface area contributed by atoms with Crippen molar-refractivity contribution in [2.24, 2.45) is 5.16 Å². The smallest absolute Gasteiger partial charge is 0.319 e. The molecular formula is C7H13NO2. The lowest BCUT2D eigenvalue weighted by Crippen LogP contribution is -1.90. The summed E-state index contributed by atoms with van der Waals surface area (Å²) in [5, 5.41) is 3.43. The summed E-state index contributed by atoms with van der Waals surface area (Å²) in [5.74, 6) is -0.368. The number of hydrogen-bond acceptors (Lipinski definition) is 3. The molecule has 0 heterocycles. The highest BCUT2D eigenvalue weighted by molar-refractivity contribution is 5.67. The summed E-state index contributed by atoms with van der Waals surface area (Å²) in [7, 11) is 0. The van der Waals surface area contributed by atoms with Crippen LogP contribution in [0, 0.1) is 0 Å². The first-order valence-electron chi connectivity index (χ1n) is 3.46. The summed E-state index contributed by atoms with van der Waals surface area (Å²) < 4.78 is 0. The number of hydrogen-bond donors (Lipinski definition) is 0. The molecule has 0 saturated carbocycles. The van der Waals surface area contributed by atoms with Crippen molar-refractivity contribution in [2.75, 3.05) is 0 Å². The Morgan fingerprint density at radius 2 is 2.40 bits per heavy atom. The molecule has 0 atom stereocenters. The Hall–Kier alpha value is -0.860. The van der Waals surface area contributed by atoms with Crippen molar-refractivity contribution in [3.8, 4) is 0 Å². The molecule has 0 unspecified atom stereocenters. The highest BCUT2D eigenvalue weighted by atomic mass is 16.7. The molecule has 0 radical (unpaired) electrons. The minimum Gasteiger partial charge on any atom is -0.319 e. The molecule has 10 heavy (non-hydrogen) atoms. The first-order chi connectivity index (χ1) is 4.77. The molecule has 0 aliphatic heterocycles. The highest BCUT2D eigenvalue weighted by Gasteiger charge is 1.85. The molecular weight excluding hydrogens is 130 g/mol. The van der Waals surface area contributed by atoms with Gasteiger partial charge >= 0.3 is 5.97 Å². The molecule has 0 fully saturated rings. The van der Waals surface area contributed by atoms with Gasteiger partial charge in [0, 0.05) is 13.1 Å². The maximum Gasteiger partial charge on any atom is 0.331 e. The number of carbonyl (C=O) groups is 1. The van der Waals surface area contributed by atoms with Gasteiger partial charge in [0.25, 0.3) is 0 Å². The van der Waals surface area contributed by atoms with Crippen LogP contribution in [0.4, 0.5) is 0 Å². The molecule has 0 aromatic rings. The van der Waals surface area contributed by atoms with Crippen LogP contribution in [-0.4, -0.2) is 12.2 Å². The second-order valence-electron chi connectivity index (χ2n) is 2.01. The fourth-order valence-electron chi connectivity index (χ4n) is 0.460.